The number of methoxy groups -OCH3 is 1. The van der Waals surface area contributed by atoms with Crippen molar-refractivity contribution in [2.24, 2.45) is 11.8 Å². The molecule has 0 radical (unpaired) electrons. The molecule has 1 saturated carbocycles. The highest BCUT2D eigenvalue weighted by Crippen LogP contribution is 2.39. The predicted octanol–water partition coefficient (Wildman–Crippen LogP) is -0.120. The van der Waals surface area contributed by atoms with Crippen molar-refractivity contribution in [1.82, 2.24) is 0 Å². The second-order valence-corrected chi connectivity index (χ2v) is 1.77. The molecule has 0 aromatic heterocycles. The fraction of sp³-hybridized carbons (Fsp3) is 0.667. The van der Waals surface area contributed by atoms with Crippen molar-refractivity contribution >= 4 is 11.9 Å². The minimum absolute atomic E-state index is 0.992. The van der Waals surface area contributed by atoms with Gasteiger partial charge in [0.15, 0.2) is 0 Å². The van der Waals surface area contributed by atoms with Crippen LogP contribution in [0.4, 0.5) is 0 Å². The Kier molecular flexibility index (Phi) is 0.903. The van der Waals surface area contributed by atoms with Gasteiger partial charge in [-0.15, -0.1) is 0 Å². The van der Waals surface area contributed by atoms with Crippen LogP contribution in [0.25, 0.3) is 0 Å². The molecule has 0 bridgehead atoms. The summed E-state index contributed by atoms with van der Waals surface area (Å²) in [4.78, 5) is 21.4. The van der Waals surface area contributed by atoms with Crippen molar-refractivity contribution < 1.29 is 23.5 Å². The van der Waals surface area contributed by atoms with Gasteiger partial charge < -0.3 is 9.84 Å². The van der Waals surface area contributed by atoms with Gasteiger partial charge in [-0.1, -0.05) is 0 Å². The number of aliphatic carboxylic acids is 1. The summed E-state index contributed by atoms with van der Waals surface area (Å²) in [5.41, 5.74) is 0. The van der Waals surface area contributed by atoms with Crippen molar-refractivity contribution in [3.63, 3.8) is 0 Å². The molecule has 1 unspecified atom stereocenters. The van der Waals surface area contributed by atoms with E-state index in [0.29, 0.717) is 0 Å². The molecule has 0 aromatic carbocycles. The Bertz CT molecular complexity index is 281. The van der Waals surface area contributed by atoms with E-state index >= 15 is 0 Å². The molecular weight excluding hydrogens is 137 g/mol. The zero-order valence-corrected chi connectivity index (χ0v) is 5.25. The maximum absolute atomic E-state index is 10.9. The molecule has 0 aromatic rings. The highest BCUT2D eigenvalue weighted by Gasteiger charge is 2.49. The average Bonchev–Trinajstić information content (AvgIpc) is 2.53. The molecule has 1 rings (SSSR count). The smallest absolute Gasteiger partial charge is 0.309 e. The Balaban J connectivity index is 2.99. The number of hydrogen-bond acceptors (Lipinski definition) is 3. The van der Waals surface area contributed by atoms with E-state index in [2.05, 4.69) is 4.74 Å². The van der Waals surface area contributed by atoms with E-state index in [-0.39, 0.29) is 0 Å². The first-order chi connectivity index (χ1) is 5.83. The van der Waals surface area contributed by atoms with Gasteiger partial charge >= 0.3 is 11.9 Å². The maximum atomic E-state index is 10.9. The second-order valence-electron chi connectivity index (χ2n) is 1.77. The lowest BCUT2D eigenvalue weighted by Gasteiger charge is -1.92. The summed E-state index contributed by atoms with van der Waals surface area (Å²) in [5, 5.41) is 8.53. The van der Waals surface area contributed by atoms with Crippen LogP contribution in [0.15, 0.2) is 0 Å². The van der Waals surface area contributed by atoms with Crippen molar-refractivity contribution in [2.45, 2.75) is 6.40 Å². The van der Waals surface area contributed by atoms with Crippen LogP contribution in [0.2, 0.25) is 0 Å². The van der Waals surface area contributed by atoms with Crippen LogP contribution in [0.5, 0.6) is 0 Å². The first kappa shape index (κ1) is 3.95. The highest BCUT2D eigenvalue weighted by atomic mass is 16.5. The Morgan fingerprint density at radius 3 is 2.70 bits per heavy atom. The van der Waals surface area contributed by atoms with Crippen LogP contribution in [0.3, 0.4) is 0 Å². The Labute approximate surface area is 62.0 Å². The lowest BCUT2D eigenvalue weighted by molar-refractivity contribution is -0.146. The summed E-state index contributed by atoms with van der Waals surface area (Å²) >= 11 is 0. The van der Waals surface area contributed by atoms with Crippen molar-refractivity contribution in [1.29, 1.82) is 0 Å². The van der Waals surface area contributed by atoms with Crippen LogP contribution in [0.1, 0.15) is 10.5 Å². The number of carbonyl (C=O) groups is 2. The van der Waals surface area contributed by atoms with E-state index in [1.54, 1.807) is 0 Å². The number of rotatable bonds is 2. The number of carboxylic acid groups (broad SMARTS) is 1. The molecule has 10 heavy (non-hydrogen) atoms. The normalized spacial score (nSPS) is 55.7. The van der Waals surface area contributed by atoms with Crippen molar-refractivity contribution in [2.75, 3.05) is 7.11 Å². The van der Waals surface area contributed by atoms with Crippen molar-refractivity contribution in [3.8, 4) is 0 Å². The maximum Gasteiger partial charge on any atom is 0.309 e. The molecule has 3 atom stereocenters. The minimum atomic E-state index is -2.39. The molecule has 0 aliphatic heterocycles. The lowest BCUT2D eigenvalue weighted by Crippen LogP contribution is -2.08. The average molecular weight is 148 g/mol. The highest BCUT2D eigenvalue weighted by molar-refractivity contribution is 5.86. The summed E-state index contributed by atoms with van der Waals surface area (Å²) in [7, 11) is 0.992. The van der Waals surface area contributed by atoms with Crippen LogP contribution in [0, 0.1) is 11.8 Å². The third kappa shape index (κ3) is 1.10. The molecule has 1 aliphatic carbocycles. The molecule has 4 nitrogen and oxygen atoms in total. The first-order valence-electron chi connectivity index (χ1n) is 4.15. The van der Waals surface area contributed by atoms with E-state index in [0.717, 1.165) is 7.11 Å². The van der Waals surface area contributed by atoms with Crippen LogP contribution in [-0.4, -0.2) is 24.2 Å². The number of esters is 1. The fourth-order valence-corrected chi connectivity index (χ4v) is 0.564. The Morgan fingerprint density at radius 1 is 1.80 bits per heavy atom. The molecule has 0 amide bonds. The topological polar surface area (TPSA) is 63.6 Å². The molecule has 1 fully saturated rings. The van der Waals surface area contributed by atoms with E-state index in [1.165, 1.54) is 0 Å². The number of carbonyl (C=O) groups excluding carboxylic acids is 1. The standard InChI is InChI=1S/C6H8O4/c1-10-6(9)4-2-3(4)5(7)8/h3-4H,2H2,1H3,(H,7,8)/t3-,4-/m1/s1/i2+1D,3D,4D/t2?,3-,4-. The quantitative estimate of drug-likeness (QED) is 0.438. The summed E-state index contributed by atoms with van der Waals surface area (Å²) in [5.74, 6) is -7.47. The molecule has 0 spiro atoms. The van der Waals surface area contributed by atoms with E-state index < -0.39 is 30.1 Å². The van der Waals surface area contributed by atoms with Gasteiger partial charge in [0.05, 0.1) is 18.9 Å². The van der Waals surface area contributed by atoms with Gasteiger partial charge in [0.1, 0.15) is 0 Å². The monoisotopic (exact) mass is 148 g/mol. The molecule has 56 valence electrons. The van der Waals surface area contributed by atoms with Gasteiger partial charge in [-0.05, 0) is 6.40 Å². The summed E-state index contributed by atoms with van der Waals surface area (Å²) in [6, 6.07) is 0. The summed E-state index contributed by atoms with van der Waals surface area (Å²) < 4.78 is 25.8. The lowest BCUT2D eigenvalue weighted by atomic mass is 10.3. The molecule has 1 aliphatic rings. The molecular formula is C6H8O4. The van der Waals surface area contributed by atoms with Gasteiger partial charge in [0, 0.05) is 4.11 Å². The van der Waals surface area contributed by atoms with Crippen LogP contribution < -0.4 is 0 Å². The third-order valence-corrected chi connectivity index (χ3v) is 1.13. The number of ether oxygens (including phenoxy) is 1. The van der Waals surface area contributed by atoms with Crippen LogP contribution >= 0.6 is 0 Å². The Morgan fingerprint density at radius 2 is 2.40 bits per heavy atom. The van der Waals surface area contributed by atoms with Crippen molar-refractivity contribution in [3.05, 3.63) is 0 Å². The minimum Gasteiger partial charge on any atom is -0.481 e. The van der Waals surface area contributed by atoms with E-state index in [4.69, 9.17) is 9.22 Å². The molecule has 0 heterocycles. The predicted molar refractivity (Wildman–Crippen MR) is 31.2 cm³/mol. The van der Waals surface area contributed by atoms with Gasteiger partial charge in [-0.2, -0.15) is 0 Å². The van der Waals surface area contributed by atoms with E-state index in [9.17, 15) is 9.59 Å². The number of hydrogen-bond donors (Lipinski definition) is 1. The van der Waals surface area contributed by atoms with Gasteiger partial charge in [0.25, 0.3) is 0 Å². The number of carboxylic acids is 1. The molecule has 0 saturated heterocycles. The van der Waals surface area contributed by atoms with Gasteiger partial charge in [0.2, 0.25) is 0 Å². The zero-order chi connectivity index (χ0) is 10.4. The summed E-state index contributed by atoms with van der Waals surface area (Å²) in [6.07, 6.45) is -1.59. The largest absolute Gasteiger partial charge is 0.481 e. The third-order valence-electron chi connectivity index (χ3n) is 1.13. The second kappa shape index (κ2) is 2.28. The SMILES string of the molecule is [2H][13CH]1[C@@]([2H])(C(=O)O)[C@]1([2H])C(=O)OC. The van der Waals surface area contributed by atoms with Gasteiger partial charge in [-0.25, -0.2) is 0 Å². The van der Waals surface area contributed by atoms with Gasteiger partial charge in [-0.3, -0.25) is 9.59 Å². The van der Waals surface area contributed by atoms with Crippen LogP contribution in [-0.2, 0) is 14.3 Å². The van der Waals surface area contributed by atoms with E-state index in [1.807, 2.05) is 0 Å². The fourth-order valence-electron chi connectivity index (χ4n) is 0.564. The summed E-state index contributed by atoms with van der Waals surface area (Å²) in [6.45, 7) is 0. The first-order valence-corrected chi connectivity index (χ1v) is 2.57. The Hall–Kier alpha value is -1.06. The zero-order valence-electron chi connectivity index (χ0n) is 8.25. The molecule has 4 heteroatoms. The molecule has 1 N–H and O–H groups in total.